The van der Waals surface area contributed by atoms with Crippen molar-refractivity contribution in [2.75, 3.05) is 18.4 Å². The van der Waals surface area contributed by atoms with Crippen molar-refractivity contribution in [3.05, 3.63) is 29.8 Å². The van der Waals surface area contributed by atoms with Crippen LogP contribution in [0.2, 0.25) is 0 Å². The zero-order valence-electron chi connectivity index (χ0n) is 12.8. The van der Waals surface area contributed by atoms with E-state index in [2.05, 4.69) is 5.32 Å². The van der Waals surface area contributed by atoms with Gasteiger partial charge in [-0.2, -0.15) is 0 Å². The van der Waals surface area contributed by atoms with Gasteiger partial charge in [-0.1, -0.05) is 6.92 Å². The van der Waals surface area contributed by atoms with Crippen LogP contribution in [-0.2, 0) is 9.53 Å². The molecule has 0 bridgehead atoms. The highest BCUT2D eigenvalue weighted by molar-refractivity contribution is 5.95. The second kappa shape index (κ2) is 6.72. The van der Waals surface area contributed by atoms with E-state index in [0.717, 1.165) is 0 Å². The Morgan fingerprint density at radius 2 is 1.76 bits per heavy atom. The molecule has 0 aliphatic carbocycles. The molecular formula is C16H22N2O3. The summed E-state index contributed by atoms with van der Waals surface area (Å²) in [6.07, 6.45) is 0.547. The third kappa shape index (κ3) is 4.04. The first kappa shape index (κ1) is 15.5. The summed E-state index contributed by atoms with van der Waals surface area (Å²) >= 11 is 0. The lowest BCUT2D eigenvalue weighted by Crippen LogP contribution is -2.48. The van der Waals surface area contributed by atoms with Crippen molar-refractivity contribution in [3.8, 4) is 0 Å². The minimum absolute atomic E-state index is 0.00497. The molecule has 0 unspecified atom stereocenters. The van der Waals surface area contributed by atoms with E-state index in [9.17, 15) is 9.59 Å². The van der Waals surface area contributed by atoms with Crippen LogP contribution in [0.1, 0.15) is 37.6 Å². The van der Waals surface area contributed by atoms with E-state index in [0.29, 0.717) is 30.8 Å². The van der Waals surface area contributed by atoms with Crippen LogP contribution in [0.5, 0.6) is 0 Å². The van der Waals surface area contributed by atoms with Crippen molar-refractivity contribution < 1.29 is 14.3 Å². The first-order chi connectivity index (χ1) is 9.99. The van der Waals surface area contributed by atoms with Gasteiger partial charge in [0.2, 0.25) is 5.91 Å². The van der Waals surface area contributed by atoms with Crippen molar-refractivity contribution in [1.82, 2.24) is 4.90 Å². The largest absolute Gasteiger partial charge is 0.372 e. The molecule has 5 heteroatoms. The lowest BCUT2D eigenvalue weighted by atomic mass is 10.1. The molecule has 0 aromatic heterocycles. The standard InChI is InChI=1S/C16H22N2O3/c1-4-15(19)17-14-7-5-13(6-8-14)16(20)18-9-11(2)21-12(3)10-18/h5-8,11-12H,4,9-10H2,1-3H3,(H,17,19)/t11-,12-/m0/s1. The number of anilines is 1. The van der Waals surface area contributed by atoms with Crippen molar-refractivity contribution in [1.29, 1.82) is 0 Å². The minimum atomic E-state index is -0.0371. The van der Waals surface area contributed by atoms with Crippen LogP contribution in [0, 0.1) is 0 Å². The number of nitrogens with one attached hydrogen (secondary N) is 1. The van der Waals surface area contributed by atoms with Gasteiger partial charge in [0.1, 0.15) is 0 Å². The Morgan fingerprint density at radius 1 is 1.19 bits per heavy atom. The lowest BCUT2D eigenvalue weighted by molar-refractivity contribution is -0.115. The van der Waals surface area contributed by atoms with E-state index >= 15 is 0 Å². The summed E-state index contributed by atoms with van der Waals surface area (Å²) in [4.78, 5) is 25.6. The zero-order chi connectivity index (χ0) is 15.4. The molecule has 1 fully saturated rings. The maximum absolute atomic E-state index is 12.5. The highest BCUT2D eigenvalue weighted by Crippen LogP contribution is 2.16. The second-order valence-corrected chi connectivity index (χ2v) is 5.45. The Bertz CT molecular complexity index is 503. The van der Waals surface area contributed by atoms with Gasteiger partial charge in [-0.25, -0.2) is 0 Å². The van der Waals surface area contributed by atoms with Crippen molar-refractivity contribution in [3.63, 3.8) is 0 Å². The number of amides is 2. The Kier molecular flexibility index (Phi) is 4.96. The average molecular weight is 290 g/mol. The predicted molar refractivity (Wildman–Crippen MR) is 81.3 cm³/mol. The topological polar surface area (TPSA) is 58.6 Å². The quantitative estimate of drug-likeness (QED) is 0.929. The number of carbonyl (C=O) groups excluding carboxylic acids is 2. The van der Waals surface area contributed by atoms with Crippen molar-refractivity contribution in [2.24, 2.45) is 0 Å². The van der Waals surface area contributed by atoms with Crippen molar-refractivity contribution >= 4 is 17.5 Å². The summed E-state index contributed by atoms with van der Waals surface area (Å²) < 4.78 is 5.64. The van der Waals surface area contributed by atoms with Crippen molar-refractivity contribution in [2.45, 2.75) is 39.4 Å². The van der Waals surface area contributed by atoms with E-state index in [1.165, 1.54) is 0 Å². The fourth-order valence-electron chi connectivity index (χ4n) is 2.47. The van der Waals surface area contributed by atoms with Crippen LogP contribution in [0.25, 0.3) is 0 Å². The molecule has 1 aromatic rings. The third-order valence-corrected chi connectivity index (χ3v) is 3.44. The third-order valence-electron chi connectivity index (χ3n) is 3.44. The van der Waals surface area contributed by atoms with Crippen LogP contribution in [-0.4, -0.2) is 42.0 Å². The number of rotatable bonds is 3. The number of carbonyl (C=O) groups is 2. The number of hydrogen-bond donors (Lipinski definition) is 1. The maximum Gasteiger partial charge on any atom is 0.254 e. The molecule has 1 aromatic carbocycles. The molecule has 0 saturated carbocycles. The molecule has 5 nitrogen and oxygen atoms in total. The van der Waals surface area contributed by atoms with Gasteiger partial charge in [0.05, 0.1) is 12.2 Å². The van der Waals surface area contributed by atoms with Gasteiger partial charge in [0.25, 0.3) is 5.91 Å². The van der Waals surface area contributed by atoms with E-state index in [1.54, 1.807) is 31.2 Å². The van der Waals surface area contributed by atoms with Crippen LogP contribution >= 0.6 is 0 Å². The molecule has 1 heterocycles. The minimum Gasteiger partial charge on any atom is -0.372 e. The number of morpholine rings is 1. The van der Waals surface area contributed by atoms with Gasteiger partial charge >= 0.3 is 0 Å². The smallest absolute Gasteiger partial charge is 0.254 e. The van der Waals surface area contributed by atoms with Gasteiger partial charge < -0.3 is 15.0 Å². The van der Waals surface area contributed by atoms with Crippen LogP contribution in [0.4, 0.5) is 5.69 Å². The summed E-state index contributed by atoms with van der Waals surface area (Å²) in [5, 5.41) is 2.77. The second-order valence-electron chi connectivity index (χ2n) is 5.45. The zero-order valence-corrected chi connectivity index (χ0v) is 12.8. The SMILES string of the molecule is CCC(=O)Nc1ccc(C(=O)N2C[C@H](C)O[C@@H](C)C2)cc1. The average Bonchev–Trinajstić information content (AvgIpc) is 2.46. The van der Waals surface area contributed by atoms with Gasteiger partial charge in [0.15, 0.2) is 0 Å². The number of nitrogens with zero attached hydrogens (tertiary/aromatic N) is 1. The maximum atomic E-state index is 12.5. The summed E-state index contributed by atoms with van der Waals surface area (Å²) in [7, 11) is 0. The molecular weight excluding hydrogens is 268 g/mol. The van der Waals surface area contributed by atoms with Crippen LogP contribution in [0.15, 0.2) is 24.3 Å². The number of ether oxygens (including phenoxy) is 1. The Hall–Kier alpha value is -1.88. The lowest BCUT2D eigenvalue weighted by Gasteiger charge is -2.35. The molecule has 0 radical (unpaired) electrons. The molecule has 0 spiro atoms. The Balaban J connectivity index is 2.04. The van der Waals surface area contributed by atoms with Crippen LogP contribution < -0.4 is 5.32 Å². The molecule has 2 atom stereocenters. The van der Waals surface area contributed by atoms with E-state index in [1.807, 2.05) is 18.7 Å². The van der Waals surface area contributed by atoms with Crippen LogP contribution in [0.3, 0.4) is 0 Å². The van der Waals surface area contributed by atoms with Gasteiger partial charge in [0, 0.05) is 30.8 Å². The van der Waals surface area contributed by atoms with Gasteiger partial charge in [-0.05, 0) is 38.1 Å². The molecule has 114 valence electrons. The molecule has 21 heavy (non-hydrogen) atoms. The molecule has 2 amide bonds. The Labute approximate surface area is 125 Å². The van der Waals surface area contributed by atoms with E-state index in [4.69, 9.17) is 4.74 Å². The van der Waals surface area contributed by atoms with E-state index in [-0.39, 0.29) is 24.0 Å². The number of hydrogen-bond acceptors (Lipinski definition) is 3. The molecule has 2 rings (SSSR count). The van der Waals surface area contributed by atoms with E-state index < -0.39 is 0 Å². The van der Waals surface area contributed by atoms with Gasteiger partial charge in [-0.3, -0.25) is 9.59 Å². The van der Waals surface area contributed by atoms with Gasteiger partial charge in [-0.15, -0.1) is 0 Å². The molecule has 1 aliphatic heterocycles. The summed E-state index contributed by atoms with van der Waals surface area (Å²) in [6, 6.07) is 7.01. The monoisotopic (exact) mass is 290 g/mol. The first-order valence-corrected chi connectivity index (χ1v) is 7.34. The first-order valence-electron chi connectivity index (χ1n) is 7.34. The number of benzene rings is 1. The Morgan fingerprint density at radius 3 is 2.29 bits per heavy atom. The molecule has 1 N–H and O–H groups in total. The summed E-state index contributed by atoms with van der Waals surface area (Å²) in [5.74, 6) is -0.0322. The summed E-state index contributed by atoms with van der Waals surface area (Å²) in [6.45, 7) is 6.96. The molecule has 1 saturated heterocycles. The predicted octanol–water partition coefficient (Wildman–Crippen LogP) is 2.28. The highest BCUT2D eigenvalue weighted by atomic mass is 16.5. The highest BCUT2D eigenvalue weighted by Gasteiger charge is 2.26. The fourth-order valence-corrected chi connectivity index (χ4v) is 2.47. The fraction of sp³-hybridized carbons (Fsp3) is 0.500. The molecule has 1 aliphatic rings. The summed E-state index contributed by atoms with van der Waals surface area (Å²) in [5.41, 5.74) is 1.34. The normalized spacial score (nSPS) is 22.0.